The van der Waals surface area contributed by atoms with E-state index in [9.17, 15) is 10.1 Å². The van der Waals surface area contributed by atoms with Crippen LogP contribution in [0.3, 0.4) is 0 Å². The van der Waals surface area contributed by atoms with Gasteiger partial charge in [-0.05, 0) is 53.1 Å². The molecule has 0 unspecified atom stereocenters. The van der Waals surface area contributed by atoms with Gasteiger partial charge in [-0.15, -0.1) is 0 Å². The SMILES string of the molecule is CC(C)N(C)CCCCNC(=O)C1(C#N)CCCC1. The van der Waals surface area contributed by atoms with Crippen LogP contribution in [0.15, 0.2) is 0 Å². The van der Waals surface area contributed by atoms with Crippen LogP contribution in [0.2, 0.25) is 0 Å². The van der Waals surface area contributed by atoms with E-state index in [2.05, 4.69) is 37.2 Å². The highest BCUT2D eigenvalue weighted by Gasteiger charge is 2.41. The molecule has 1 fully saturated rings. The van der Waals surface area contributed by atoms with Crippen LogP contribution >= 0.6 is 0 Å². The summed E-state index contributed by atoms with van der Waals surface area (Å²) in [5.74, 6) is -0.0512. The third-order valence-electron chi connectivity index (χ3n) is 4.21. The van der Waals surface area contributed by atoms with Gasteiger partial charge in [-0.3, -0.25) is 4.79 Å². The van der Waals surface area contributed by atoms with Crippen molar-refractivity contribution in [2.75, 3.05) is 20.1 Å². The highest BCUT2D eigenvalue weighted by Crippen LogP contribution is 2.37. The molecule has 1 amide bonds. The van der Waals surface area contributed by atoms with Gasteiger partial charge in [0.2, 0.25) is 5.91 Å². The summed E-state index contributed by atoms with van der Waals surface area (Å²) in [6.45, 7) is 6.10. The predicted octanol–water partition coefficient (Wildman–Crippen LogP) is 2.31. The highest BCUT2D eigenvalue weighted by atomic mass is 16.2. The Hall–Kier alpha value is -1.08. The van der Waals surface area contributed by atoms with Crippen molar-refractivity contribution in [2.45, 2.75) is 58.4 Å². The Kier molecular flexibility index (Phi) is 6.30. The van der Waals surface area contributed by atoms with Crippen molar-refractivity contribution in [3.8, 4) is 6.07 Å². The zero-order valence-corrected chi connectivity index (χ0v) is 12.5. The van der Waals surface area contributed by atoms with Crippen molar-refractivity contribution in [1.82, 2.24) is 10.2 Å². The van der Waals surface area contributed by atoms with Gasteiger partial charge in [-0.2, -0.15) is 5.26 Å². The number of amides is 1. The van der Waals surface area contributed by atoms with Gasteiger partial charge in [0.25, 0.3) is 0 Å². The van der Waals surface area contributed by atoms with Crippen molar-refractivity contribution in [3.63, 3.8) is 0 Å². The molecule has 108 valence electrons. The number of nitrogens with zero attached hydrogens (tertiary/aromatic N) is 2. The van der Waals surface area contributed by atoms with Gasteiger partial charge in [0.05, 0.1) is 6.07 Å². The zero-order valence-electron chi connectivity index (χ0n) is 12.5. The molecule has 0 bridgehead atoms. The monoisotopic (exact) mass is 265 g/mol. The molecule has 0 spiro atoms. The predicted molar refractivity (Wildman–Crippen MR) is 76.5 cm³/mol. The Morgan fingerprint density at radius 3 is 2.53 bits per heavy atom. The number of nitrogens with one attached hydrogen (secondary N) is 1. The van der Waals surface area contributed by atoms with Crippen LogP contribution in [-0.2, 0) is 4.79 Å². The molecule has 1 aliphatic rings. The second-order valence-electron chi connectivity index (χ2n) is 5.94. The molecule has 0 radical (unpaired) electrons. The largest absolute Gasteiger partial charge is 0.355 e. The van der Waals surface area contributed by atoms with Crippen LogP contribution in [-0.4, -0.2) is 37.0 Å². The number of hydrogen-bond donors (Lipinski definition) is 1. The summed E-state index contributed by atoms with van der Waals surface area (Å²) < 4.78 is 0. The quantitative estimate of drug-likeness (QED) is 0.719. The Morgan fingerprint density at radius 2 is 2.00 bits per heavy atom. The fourth-order valence-electron chi connectivity index (χ4n) is 2.48. The van der Waals surface area contributed by atoms with Gasteiger partial charge in [0.15, 0.2) is 0 Å². The molecule has 1 N–H and O–H groups in total. The summed E-state index contributed by atoms with van der Waals surface area (Å²) in [4.78, 5) is 14.4. The summed E-state index contributed by atoms with van der Waals surface area (Å²) in [5.41, 5.74) is -0.727. The smallest absolute Gasteiger partial charge is 0.240 e. The van der Waals surface area contributed by atoms with Gasteiger partial charge < -0.3 is 10.2 Å². The molecule has 1 aliphatic carbocycles. The topological polar surface area (TPSA) is 56.1 Å². The lowest BCUT2D eigenvalue weighted by molar-refractivity contribution is -0.127. The summed E-state index contributed by atoms with van der Waals surface area (Å²) in [5, 5.41) is 12.1. The minimum Gasteiger partial charge on any atom is -0.355 e. The first-order chi connectivity index (χ1) is 9.02. The molecule has 0 heterocycles. The highest BCUT2D eigenvalue weighted by molar-refractivity contribution is 5.85. The lowest BCUT2D eigenvalue weighted by Gasteiger charge is -2.21. The van der Waals surface area contributed by atoms with Gasteiger partial charge in [-0.1, -0.05) is 12.8 Å². The number of nitriles is 1. The minimum absolute atomic E-state index is 0.0512. The van der Waals surface area contributed by atoms with Gasteiger partial charge in [-0.25, -0.2) is 0 Å². The molecule has 0 aromatic carbocycles. The minimum atomic E-state index is -0.727. The van der Waals surface area contributed by atoms with E-state index >= 15 is 0 Å². The van der Waals surface area contributed by atoms with Crippen molar-refractivity contribution >= 4 is 5.91 Å². The van der Waals surface area contributed by atoms with Crippen LogP contribution in [0, 0.1) is 16.7 Å². The standard InChI is InChI=1S/C15H27N3O/c1-13(2)18(3)11-7-6-10-17-14(19)15(12-16)8-4-5-9-15/h13H,4-11H2,1-3H3,(H,17,19). The molecule has 0 aromatic heterocycles. The van der Waals surface area contributed by atoms with Crippen LogP contribution < -0.4 is 5.32 Å². The molecule has 1 rings (SSSR count). The summed E-state index contributed by atoms with van der Waals surface area (Å²) in [7, 11) is 2.12. The first-order valence-corrected chi connectivity index (χ1v) is 7.41. The van der Waals surface area contributed by atoms with E-state index in [4.69, 9.17) is 0 Å². The summed E-state index contributed by atoms with van der Waals surface area (Å²) in [6, 6.07) is 2.80. The Morgan fingerprint density at radius 1 is 1.37 bits per heavy atom. The lowest BCUT2D eigenvalue weighted by atomic mass is 9.87. The maximum atomic E-state index is 12.1. The Balaban J connectivity index is 2.19. The molecule has 4 heteroatoms. The second-order valence-corrected chi connectivity index (χ2v) is 5.94. The number of carbonyl (C=O) groups excluding carboxylic acids is 1. The third kappa shape index (κ3) is 4.50. The summed E-state index contributed by atoms with van der Waals surface area (Å²) in [6.07, 6.45) is 5.51. The third-order valence-corrected chi connectivity index (χ3v) is 4.21. The maximum absolute atomic E-state index is 12.1. The van der Waals surface area contributed by atoms with Crippen molar-refractivity contribution in [1.29, 1.82) is 5.26 Å². The Labute approximate surface area is 117 Å². The van der Waals surface area contributed by atoms with E-state index in [0.29, 0.717) is 12.6 Å². The van der Waals surface area contributed by atoms with Crippen molar-refractivity contribution in [2.24, 2.45) is 5.41 Å². The average molecular weight is 265 g/mol. The van der Waals surface area contributed by atoms with Gasteiger partial charge in [0.1, 0.15) is 5.41 Å². The molecule has 4 nitrogen and oxygen atoms in total. The molecule has 0 atom stereocenters. The lowest BCUT2D eigenvalue weighted by Crippen LogP contribution is -2.38. The van der Waals surface area contributed by atoms with E-state index in [0.717, 1.165) is 45.1 Å². The molecule has 0 aliphatic heterocycles. The molecular weight excluding hydrogens is 238 g/mol. The van der Waals surface area contributed by atoms with E-state index in [1.54, 1.807) is 0 Å². The van der Waals surface area contributed by atoms with Crippen LogP contribution in [0.5, 0.6) is 0 Å². The fraction of sp³-hybridized carbons (Fsp3) is 0.867. The van der Waals surface area contributed by atoms with Crippen molar-refractivity contribution in [3.05, 3.63) is 0 Å². The fourth-order valence-corrected chi connectivity index (χ4v) is 2.48. The van der Waals surface area contributed by atoms with Crippen LogP contribution in [0.1, 0.15) is 52.4 Å². The Bertz CT molecular complexity index is 327. The molecule has 0 saturated heterocycles. The second kappa shape index (κ2) is 7.49. The number of carbonyl (C=O) groups is 1. The number of hydrogen-bond acceptors (Lipinski definition) is 3. The maximum Gasteiger partial charge on any atom is 0.240 e. The first-order valence-electron chi connectivity index (χ1n) is 7.41. The van der Waals surface area contributed by atoms with E-state index in [-0.39, 0.29) is 5.91 Å². The molecule has 1 saturated carbocycles. The van der Waals surface area contributed by atoms with Crippen LogP contribution in [0.4, 0.5) is 0 Å². The van der Waals surface area contributed by atoms with Gasteiger partial charge >= 0.3 is 0 Å². The van der Waals surface area contributed by atoms with Gasteiger partial charge in [0, 0.05) is 12.6 Å². The first kappa shape index (κ1) is 16.0. The van der Waals surface area contributed by atoms with E-state index in [1.807, 2.05) is 0 Å². The number of unbranched alkanes of at least 4 members (excludes halogenated alkanes) is 1. The average Bonchev–Trinajstić information content (AvgIpc) is 2.87. The van der Waals surface area contributed by atoms with Crippen molar-refractivity contribution < 1.29 is 4.79 Å². The summed E-state index contributed by atoms with van der Waals surface area (Å²) >= 11 is 0. The van der Waals surface area contributed by atoms with E-state index < -0.39 is 5.41 Å². The molecular formula is C15H27N3O. The molecule has 0 aromatic rings. The number of rotatable bonds is 7. The van der Waals surface area contributed by atoms with E-state index in [1.165, 1.54) is 0 Å². The normalized spacial score (nSPS) is 17.7. The zero-order chi connectivity index (χ0) is 14.3. The van der Waals surface area contributed by atoms with Crippen LogP contribution in [0.25, 0.3) is 0 Å². The molecule has 19 heavy (non-hydrogen) atoms.